The third-order valence-corrected chi connectivity index (χ3v) is 7.56. The van der Waals surface area contributed by atoms with Crippen LogP contribution in [0.1, 0.15) is 0 Å². The van der Waals surface area contributed by atoms with Crippen molar-refractivity contribution >= 4 is 69.6 Å². The van der Waals surface area contributed by atoms with Crippen LogP contribution in [0.15, 0.2) is 10.1 Å². The van der Waals surface area contributed by atoms with E-state index in [1.807, 2.05) is 0 Å². The molecule has 2 N–H and O–H groups in total. The Balaban J connectivity index is 2.70. The van der Waals surface area contributed by atoms with Crippen LogP contribution >= 0.6 is 69.6 Å². The van der Waals surface area contributed by atoms with E-state index < -0.39 is 32.5 Å². The fourth-order valence-corrected chi connectivity index (χ4v) is 5.91. The molecule has 2 bridgehead atoms. The molecule has 0 radical (unpaired) electrons. The molecule has 0 aromatic rings. The lowest BCUT2D eigenvalue weighted by molar-refractivity contribution is 0.132. The molecular weight excluding hydrogens is 353 g/mol. The molecule has 2 aliphatic rings. The number of rotatable bonds is 2. The zero-order valence-corrected chi connectivity index (χ0v) is 12.8. The van der Waals surface area contributed by atoms with Gasteiger partial charge in [-0.2, -0.15) is 0 Å². The van der Waals surface area contributed by atoms with Crippen molar-refractivity contribution in [3.8, 4) is 0 Å². The van der Waals surface area contributed by atoms with Gasteiger partial charge in [0, 0.05) is 23.5 Å². The second-order valence-corrected chi connectivity index (χ2v) is 7.64. The Labute approximate surface area is 128 Å². The van der Waals surface area contributed by atoms with E-state index in [4.69, 9.17) is 69.6 Å². The van der Waals surface area contributed by atoms with Crippen molar-refractivity contribution in [3.63, 3.8) is 0 Å². The largest absolute Gasteiger partial charge is 0.396 e. The first-order valence-corrected chi connectivity index (χ1v) is 7.00. The molecule has 2 nitrogen and oxygen atoms in total. The molecule has 2 aliphatic carbocycles. The molecule has 1 saturated carbocycles. The van der Waals surface area contributed by atoms with Crippen molar-refractivity contribution in [1.29, 1.82) is 0 Å². The summed E-state index contributed by atoms with van der Waals surface area (Å²) in [7, 11) is 0. The summed E-state index contributed by atoms with van der Waals surface area (Å²) in [6, 6.07) is 0. The highest BCUT2D eigenvalue weighted by atomic mass is 35.5. The van der Waals surface area contributed by atoms with Crippen LogP contribution < -0.4 is 0 Å². The lowest BCUT2D eigenvalue weighted by Gasteiger charge is -2.41. The van der Waals surface area contributed by atoms with Crippen molar-refractivity contribution in [2.24, 2.45) is 11.8 Å². The highest BCUT2D eigenvalue weighted by Crippen LogP contribution is 2.74. The number of halogens is 6. The molecular formula is C9H8Cl6O2. The van der Waals surface area contributed by atoms with Gasteiger partial charge in [0.15, 0.2) is 4.33 Å². The molecule has 0 aliphatic heterocycles. The molecule has 0 aromatic heterocycles. The average molecular weight is 361 g/mol. The van der Waals surface area contributed by atoms with Gasteiger partial charge in [-0.1, -0.05) is 46.4 Å². The summed E-state index contributed by atoms with van der Waals surface area (Å²) in [5.41, 5.74) is 0. The average Bonchev–Trinajstić information content (AvgIpc) is 2.50. The topological polar surface area (TPSA) is 40.5 Å². The minimum atomic E-state index is -1.61. The van der Waals surface area contributed by atoms with E-state index in [0.29, 0.717) is 0 Å². The second kappa shape index (κ2) is 4.20. The number of aliphatic hydroxyl groups excluding tert-OH is 2. The Morgan fingerprint density at radius 2 is 1.59 bits per heavy atom. The van der Waals surface area contributed by atoms with Crippen molar-refractivity contribution < 1.29 is 10.2 Å². The van der Waals surface area contributed by atoms with Gasteiger partial charge >= 0.3 is 0 Å². The van der Waals surface area contributed by atoms with Gasteiger partial charge < -0.3 is 10.2 Å². The highest BCUT2D eigenvalue weighted by Gasteiger charge is 2.80. The zero-order chi connectivity index (χ0) is 13.2. The Morgan fingerprint density at radius 1 is 1.06 bits per heavy atom. The molecule has 4 unspecified atom stereocenters. The third-order valence-electron chi connectivity index (χ3n) is 3.62. The lowest BCUT2D eigenvalue weighted by Crippen LogP contribution is -2.54. The fourth-order valence-electron chi connectivity index (χ4n) is 2.71. The normalized spacial score (nSPS) is 48.0. The van der Waals surface area contributed by atoms with Crippen molar-refractivity contribution in [2.75, 3.05) is 13.2 Å². The van der Waals surface area contributed by atoms with Crippen LogP contribution in [-0.4, -0.2) is 37.5 Å². The molecule has 0 saturated heterocycles. The molecule has 1 fully saturated rings. The number of allylic oxidation sites excluding steroid dienone is 2. The second-order valence-electron chi connectivity index (χ2n) is 4.23. The van der Waals surface area contributed by atoms with Crippen LogP contribution in [0.25, 0.3) is 0 Å². The van der Waals surface area contributed by atoms with E-state index in [9.17, 15) is 10.2 Å². The van der Waals surface area contributed by atoms with Crippen LogP contribution in [0, 0.1) is 11.8 Å². The number of aliphatic hydroxyl groups is 2. The number of hydrogen-bond donors (Lipinski definition) is 2. The van der Waals surface area contributed by atoms with E-state index in [2.05, 4.69) is 0 Å². The molecule has 0 heterocycles. The smallest absolute Gasteiger partial charge is 0.152 e. The SMILES string of the molecule is OCC1C2C(Cl)=C(Cl)C(Cl)(C2(Cl)Cl)C1(Cl)CO. The summed E-state index contributed by atoms with van der Waals surface area (Å²) < 4.78 is -1.57. The minimum Gasteiger partial charge on any atom is -0.396 e. The maximum Gasteiger partial charge on any atom is 0.152 e. The fraction of sp³-hybridized carbons (Fsp3) is 0.778. The van der Waals surface area contributed by atoms with Gasteiger partial charge in [-0.15, -0.1) is 23.2 Å². The van der Waals surface area contributed by atoms with Gasteiger partial charge in [0.1, 0.15) is 9.75 Å². The van der Waals surface area contributed by atoms with Crippen LogP contribution in [0.2, 0.25) is 0 Å². The van der Waals surface area contributed by atoms with Gasteiger partial charge in [-0.25, -0.2) is 0 Å². The Bertz CT molecular complexity index is 397. The van der Waals surface area contributed by atoms with E-state index in [1.165, 1.54) is 0 Å². The number of alkyl halides is 4. The van der Waals surface area contributed by atoms with Crippen molar-refractivity contribution in [2.45, 2.75) is 14.1 Å². The summed E-state index contributed by atoms with van der Waals surface area (Å²) in [4.78, 5) is -3.07. The van der Waals surface area contributed by atoms with Crippen LogP contribution in [-0.2, 0) is 0 Å². The molecule has 2 rings (SSSR count). The lowest BCUT2D eigenvalue weighted by atomic mass is 9.82. The van der Waals surface area contributed by atoms with Gasteiger partial charge in [0.2, 0.25) is 0 Å². The highest BCUT2D eigenvalue weighted by molar-refractivity contribution is 6.62. The summed E-state index contributed by atoms with van der Waals surface area (Å²) >= 11 is 37.2. The maximum absolute atomic E-state index is 9.48. The van der Waals surface area contributed by atoms with Crippen molar-refractivity contribution in [1.82, 2.24) is 0 Å². The summed E-state index contributed by atoms with van der Waals surface area (Å²) in [6.45, 7) is -0.883. The Hall–Kier alpha value is 1.40. The van der Waals surface area contributed by atoms with Crippen molar-refractivity contribution in [3.05, 3.63) is 10.1 Å². The molecule has 0 amide bonds. The molecule has 98 valence electrons. The molecule has 8 heteroatoms. The number of hydrogen-bond acceptors (Lipinski definition) is 2. The van der Waals surface area contributed by atoms with Gasteiger partial charge in [-0.3, -0.25) is 0 Å². The standard InChI is InChI=1S/C9H8Cl6O2/c10-5-4-3(1-16)7(12,2-17)8(13,6(5)11)9(4,14)15/h3-4,16-17H,1-2H2. The summed E-state index contributed by atoms with van der Waals surface area (Å²) in [5.74, 6) is -1.37. The quantitative estimate of drug-likeness (QED) is 0.743. The minimum absolute atomic E-state index is 0.0320. The molecule has 0 spiro atoms. The Morgan fingerprint density at radius 3 is 2.00 bits per heavy atom. The van der Waals surface area contributed by atoms with E-state index >= 15 is 0 Å². The van der Waals surface area contributed by atoms with Crippen LogP contribution in [0.5, 0.6) is 0 Å². The van der Waals surface area contributed by atoms with E-state index in [-0.39, 0.29) is 16.7 Å². The Kier molecular flexibility index (Phi) is 3.65. The predicted molar refractivity (Wildman–Crippen MR) is 71.5 cm³/mol. The van der Waals surface area contributed by atoms with Gasteiger partial charge in [0.25, 0.3) is 0 Å². The third kappa shape index (κ3) is 1.39. The monoisotopic (exact) mass is 358 g/mol. The van der Waals surface area contributed by atoms with Crippen LogP contribution in [0.3, 0.4) is 0 Å². The van der Waals surface area contributed by atoms with Gasteiger partial charge in [0.05, 0.1) is 11.6 Å². The maximum atomic E-state index is 9.48. The first-order valence-electron chi connectivity index (χ1n) is 4.73. The van der Waals surface area contributed by atoms with E-state index in [0.717, 1.165) is 0 Å². The van der Waals surface area contributed by atoms with Gasteiger partial charge in [-0.05, 0) is 0 Å². The summed E-state index contributed by atoms with van der Waals surface area (Å²) in [6.07, 6.45) is 0. The molecule has 17 heavy (non-hydrogen) atoms. The first kappa shape index (κ1) is 14.8. The zero-order valence-electron chi connectivity index (χ0n) is 8.23. The number of fused-ring (bicyclic) bond motifs is 2. The molecule has 4 atom stereocenters. The van der Waals surface area contributed by atoms with E-state index in [1.54, 1.807) is 0 Å². The molecule has 0 aromatic carbocycles. The van der Waals surface area contributed by atoms with Crippen LogP contribution in [0.4, 0.5) is 0 Å². The predicted octanol–water partition coefficient (Wildman–Crippen LogP) is 3.05. The first-order chi connectivity index (χ1) is 7.70. The summed E-state index contributed by atoms with van der Waals surface area (Å²) in [5, 5.41) is 19.1.